The molecule has 0 fully saturated rings. The first kappa shape index (κ1) is 23.1. The number of nitrogens with zero attached hydrogens (tertiary/aromatic N) is 7. The quantitative estimate of drug-likeness (QED) is 0.368. The molecule has 0 bridgehead atoms. The van der Waals surface area contributed by atoms with E-state index in [1.54, 1.807) is 11.7 Å². The highest BCUT2D eigenvalue weighted by Gasteiger charge is 2.55. The second-order valence-electron chi connectivity index (χ2n) is 8.14. The lowest BCUT2D eigenvalue weighted by molar-refractivity contribution is -0.269. The third-order valence-corrected chi connectivity index (χ3v) is 7.08. The molecular formula is C23H20F3N7OS. The number of hydrogen-bond donors (Lipinski definition) is 1. The van der Waals surface area contributed by atoms with Gasteiger partial charge in [0.2, 0.25) is 5.60 Å². The van der Waals surface area contributed by atoms with E-state index in [1.807, 2.05) is 48.5 Å². The summed E-state index contributed by atoms with van der Waals surface area (Å²) in [6.45, 7) is 1.45. The van der Waals surface area contributed by atoms with Crippen LogP contribution in [0.3, 0.4) is 0 Å². The molecule has 1 N–H and O–H groups in total. The van der Waals surface area contributed by atoms with Crippen molar-refractivity contribution >= 4 is 21.4 Å². The summed E-state index contributed by atoms with van der Waals surface area (Å²) < 4.78 is 44.0. The smallest absolute Gasteiger partial charge is 0.375 e. The molecule has 35 heavy (non-hydrogen) atoms. The molecular weight excluding hydrogens is 479 g/mol. The van der Waals surface area contributed by atoms with Crippen LogP contribution in [0.2, 0.25) is 0 Å². The first-order valence-corrected chi connectivity index (χ1v) is 11.6. The fraction of sp³-hybridized carbons (Fsp3) is 0.261. The Kier molecular flexibility index (Phi) is 5.64. The Bertz CT molecular complexity index is 1490. The second kappa shape index (κ2) is 8.54. The van der Waals surface area contributed by atoms with Crippen LogP contribution in [0, 0.1) is 0 Å². The van der Waals surface area contributed by atoms with E-state index in [0.717, 1.165) is 37.9 Å². The minimum Gasteiger partial charge on any atom is -0.375 e. The predicted molar refractivity (Wildman–Crippen MR) is 124 cm³/mol. The molecule has 0 amide bonds. The van der Waals surface area contributed by atoms with Crippen molar-refractivity contribution in [1.82, 2.24) is 35.2 Å². The fourth-order valence-electron chi connectivity index (χ4n) is 3.99. The topological polar surface area (TPSA) is 94.5 Å². The summed E-state index contributed by atoms with van der Waals surface area (Å²) in [4.78, 5) is 0.914. The first-order chi connectivity index (χ1) is 16.7. The van der Waals surface area contributed by atoms with E-state index < -0.39 is 23.9 Å². The number of hydrogen-bond acceptors (Lipinski definition) is 7. The lowest BCUT2D eigenvalue weighted by atomic mass is 9.96. The summed E-state index contributed by atoms with van der Waals surface area (Å²) in [6, 6.07) is 15.8. The maximum atomic E-state index is 13.4. The highest BCUT2D eigenvalue weighted by molar-refractivity contribution is 7.23. The molecule has 1 unspecified atom stereocenters. The minimum absolute atomic E-state index is 0.194. The van der Waals surface area contributed by atoms with Gasteiger partial charge in [-0.2, -0.15) is 13.2 Å². The molecule has 0 aliphatic rings. The Balaban J connectivity index is 1.54. The number of alkyl halides is 3. The third-order valence-electron chi connectivity index (χ3n) is 5.93. The van der Waals surface area contributed by atoms with Gasteiger partial charge in [0.05, 0.1) is 17.6 Å². The van der Waals surface area contributed by atoms with Gasteiger partial charge in [-0.25, -0.2) is 9.36 Å². The second-order valence-corrected chi connectivity index (χ2v) is 9.19. The largest absolute Gasteiger partial charge is 0.423 e. The fourth-order valence-corrected chi connectivity index (χ4v) is 5.29. The molecule has 1 atom stereocenters. The van der Waals surface area contributed by atoms with Gasteiger partial charge in [0, 0.05) is 22.7 Å². The normalized spacial score (nSPS) is 13.9. The van der Waals surface area contributed by atoms with Gasteiger partial charge in [0.15, 0.2) is 5.82 Å². The van der Waals surface area contributed by atoms with E-state index in [-0.39, 0.29) is 6.54 Å². The van der Waals surface area contributed by atoms with E-state index >= 15 is 0 Å². The van der Waals surface area contributed by atoms with Crippen LogP contribution in [-0.4, -0.2) is 46.5 Å². The Morgan fingerprint density at radius 1 is 1.03 bits per heavy atom. The van der Waals surface area contributed by atoms with Crippen LogP contribution in [-0.2, 0) is 19.2 Å². The number of aliphatic hydroxyl groups is 1. The van der Waals surface area contributed by atoms with Gasteiger partial charge in [-0.05, 0) is 34.0 Å². The van der Waals surface area contributed by atoms with Crippen LogP contribution < -0.4 is 0 Å². The van der Waals surface area contributed by atoms with Gasteiger partial charge in [-0.1, -0.05) is 54.6 Å². The van der Waals surface area contributed by atoms with Crippen molar-refractivity contribution in [3.8, 4) is 21.8 Å². The number of fused-ring (bicyclic) bond motifs is 1. The maximum Gasteiger partial charge on any atom is 0.423 e. The average molecular weight is 500 g/mol. The van der Waals surface area contributed by atoms with Crippen molar-refractivity contribution in [3.05, 3.63) is 66.0 Å². The number of rotatable bonds is 6. The summed E-state index contributed by atoms with van der Waals surface area (Å²) in [5, 5.41) is 30.5. The Hall–Kier alpha value is -3.64. The van der Waals surface area contributed by atoms with Crippen molar-refractivity contribution in [1.29, 1.82) is 0 Å². The molecule has 3 heterocycles. The van der Waals surface area contributed by atoms with Crippen molar-refractivity contribution in [2.24, 2.45) is 7.05 Å². The average Bonchev–Trinajstić information content (AvgIpc) is 3.56. The van der Waals surface area contributed by atoms with Crippen molar-refractivity contribution in [3.63, 3.8) is 0 Å². The van der Waals surface area contributed by atoms with Crippen LogP contribution in [0.5, 0.6) is 0 Å². The van der Waals surface area contributed by atoms with Gasteiger partial charge < -0.3 is 5.11 Å². The summed E-state index contributed by atoms with van der Waals surface area (Å²) in [6.07, 6.45) is -4.27. The molecule has 0 saturated carbocycles. The standard InChI is InChI=1S/C23H20F3N7OS/c1-3-22(34,23(24,25)26)18-13-33(30-27-18)12-14-9-10-16-17(11-14)35-20(21-28-29-31-32(21)2)19(16)15-7-5-4-6-8-15/h4-11,13,34H,3,12H2,1-2H3. The van der Waals surface area contributed by atoms with Gasteiger partial charge in [0.25, 0.3) is 0 Å². The Morgan fingerprint density at radius 2 is 1.80 bits per heavy atom. The maximum absolute atomic E-state index is 13.4. The van der Waals surface area contributed by atoms with Crippen molar-refractivity contribution in [2.75, 3.05) is 0 Å². The van der Waals surface area contributed by atoms with E-state index in [4.69, 9.17) is 0 Å². The third kappa shape index (κ3) is 3.98. The number of halogens is 3. The molecule has 0 saturated heterocycles. The molecule has 0 radical (unpaired) electrons. The predicted octanol–water partition coefficient (Wildman–Crippen LogP) is 4.56. The summed E-state index contributed by atoms with van der Waals surface area (Å²) in [5.74, 6) is 0.638. The van der Waals surface area contributed by atoms with E-state index in [9.17, 15) is 18.3 Å². The van der Waals surface area contributed by atoms with Gasteiger partial charge in [-0.15, -0.1) is 21.5 Å². The number of thiophene rings is 1. The summed E-state index contributed by atoms with van der Waals surface area (Å²) in [5.41, 5.74) is -0.697. The lowest BCUT2D eigenvalue weighted by Crippen LogP contribution is -2.42. The molecule has 5 rings (SSSR count). The molecule has 3 aromatic heterocycles. The Morgan fingerprint density at radius 3 is 2.46 bits per heavy atom. The molecule has 180 valence electrons. The zero-order valence-electron chi connectivity index (χ0n) is 18.7. The monoisotopic (exact) mass is 499 g/mol. The highest BCUT2D eigenvalue weighted by atomic mass is 32.1. The van der Waals surface area contributed by atoms with Crippen LogP contribution in [0.4, 0.5) is 13.2 Å². The zero-order chi connectivity index (χ0) is 24.8. The Labute approximate surface area is 201 Å². The van der Waals surface area contributed by atoms with Crippen LogP contribution in [0.25, 0.3) is 31.9 Å². The lowest BCUT2D eigenvalue weighted by Gasteiger charge is -2.26. The van der Waals surface area contributed by atoms with E-state index in [1.165, 1.54) is 22.9 Å². The zero-order valence-corrected chi connectivity index (χ0v) is 19.5. The molecule has 0 aliphatic heterocycles. The van der Waals surface area contributed by atoms with Crippen LogP contribution in [0.15, 0.2) is 54.7 Å². The summed E-state index contributed by atoms with van der Waals surface area (Å²) in [7, 11) is 1.78. The number of benzene rings is 2. The molecule has 8 nitrogen and oxygen atoms in total. The number of tetrazole rings is 1. The molecule has 12 heteroatoms. The van der Waals surface area contributed by atoms with Gasteiger partial charge >= 0.3 is 6.18 Å². The van der Waals surface area contributed by atoms with Crippen molar-refractivity contribution < 1.29 is 18.3 Å². The van der Waals surface area contributed by atoms with E-state index in [0.29, 0.717) is 5.82 Å². The number of aryl methyl sites for hydroxylation is 1. The van der Waals surface area contributed by atoms with Gasteiger partial charge in [0.1, 0.15) is 5.69 Å². The molecule has 5 aromatic rings. The molecule has 2 aromatic carbocycles. The summed E-state index contributed by atoms with van der Waals surface area (Å²) >= 11 is 1.53. The number of aromatic nitrogens is 7. The van der Waals surface area contributed by atoms with Gasteiger partial charge in [-0.3, -0.25) is 0 Å². The molecule has 0 spiro atoms. The highest BCUT2D eigenvalue weighted by Crippen LogP contribution is 2.44. The van der Waals surface area contributed by atoms with Crippen molar-refractivity contribution in [2.45, 2.75) is 31.7 Å². The minimum atomic E-state index is -4.85. The SMILES string of the molecule is CCC(O)(c1cn(Cc2ccc3c(-c4ccccc4)c(-c4nnnn4C)sc3c2)nn1)C(F)(F)F. The molecule has 0 aliphatic carbocycles. The first-order valence-electron chi connectivity index (χ1n) is 10.7. The van der Waals surface area contributed by atoms with Crippen LogP contribution in [0.1, 0.15) is 24.6 Å². The van der Waals surface area contributed by atoms with Crippen LogP contribution >= 0.6 is 11.3 Å². The van der Waals surface area contributed by atoms with E-state index in [2.05, 4.69) is 25.8 Å².